The van der Waals surface area contributed by atoms with Crippen LogP contribution in [-0.4, -0.2) is 19.5 Å². The van der Waals surface area contributed by atoms with E-state index in [0.29, 0.717) is 13.1 Å². The number of nitrogens with one attached hydrogen (secondary N) is 2. The standard InChI is InChI=1S/C16H18N2OS.ClH/c1-17-12-16(19)18-11-13-7-5-6-10-15(13)20-14-8-3-2-4-9-14;/h2-10,17H,11-12H2,1H3,(H,18,19);1H. The van der Waals surface area contributed by atoms with E-state index in [1.165, 1.54) is 9.79 Å². The van der Waals surface area contributed by atoms with Crippen molar-refractivity contribution in [1.29, 1.82) is 0 Å². The highest BCUT2D eigenvalue weighted by Gasteiger charge is 2.05. The average Bonchev–Trinajstić information content (AvgIpc) is 2.48. The Morgan fingerprint density at radius 3 is 2.43 bits per heavy atom. The van der Waals surface area contributed by atoms with E-state index in [0.717, 1.165) is 5.56 Å². The summed E-state index contributed by atoms with van der Waals surface area (Å²) in [5.74, 6) is 0.00649. The van der Waals surface area contributed by atoms with Crippen LogP contribution in [0.25, 0.3) is 0 Å². The summed E-state index contributed by atoms with van der Waals surface area (Å²) >= 11 is 1.71. The fourth-order valence-electron chi connectivity index (χ4n) is 1.78. The van der Waals surface area contributed by atoms with Gasteiger partial charge in [0.15, 0.2) is 0 Å². The third-order valence-corrected chi connectivity index (χ3v) is 3.88. The molecule has 1 amide bonds. The first-order valence-corrected chi connectivity index (χ1v) is 7.33. The van der Waals surface area contributed by atoms with Crippen LogP contribution in [0.4, 0.5) is 0 Å². The minimum absolute atomic E-state index is 0. The van der Waals surface area contributed by atoms with Crippen molar-refractivity contribution in [1.82, 2.24) is 10.6 Å². The maximum atomic E-state index is 11.5. The van der Waals surface area contributed by atoms with Gasteiger partial charge in [0.2, 0.25) is 5.91 Å². The van der Waals surface area contributed by atoms with Gasteiger partial charge in [0.1, 0.15) is 0 Å². The number of hydrogen-bond acceptors (Lipinski definition) is 3. The van der Waals surface area contributed by atoms with E-state index in [9.17, 15) is 4.79 Å². The zero-order chi connectivity index (χ0) is 14.2. The van der Waals surface area contributed by atoms with E-state index in [4.69, 9.17) is 0 Å². The summed E-state index contributed by atoms with van der Waals surface area (Å²) in [6, 6.07) is 18.4. The Morgan fingerprint density at radius 1 is 1.05 bits per heavy atom. The van der Waals surface area contributed by atoms with Crippen LogP contribution in [0, 0.1) is 0 Å². The topological polar surface area (TPSA) is 41.1 Å². The summed E-state index contributed by atoms with van der Waals surface area (Å²) in [6.07, 6.45) is 0. The molecule has 0 spiro atoms. The van der Waals surface area contributed by atoms with E-state index in [2.05, 4.69) is 28.8 Å². The number of likely N-dealkylation sites (N-methyl/N-ethyl adjacent to an activating group) is 1. The maximum absolute atomic E-state index is 11.5. The van der Waals surface area contributed by atoms with Gasteiger partial charge in [-0.2, -0.15) is 0 Å². The quantitative estimate of drug-likeness (QED) is 0.858. The predicted octanol–water partition coefficient (Wildman–Crippen LogP) is 3.10. The zero-order valence-electron chi connectivity index (χ0n) is 11.8. The highest BCUT2D eigenvalue weighted by atomic mass is 35.5. The predicted molar refractivity (Wildman–Crippen MR) is 90.0 cm³/mol. The van der Waals surface area contributed by atoms with E-state index in [1.54, 1.807) is 18.8 Å². The number of rotatable bonds is 6. The average molecular weight is 323 g/mol. The van der Waals surface area contributed by atoms with Crippen molar-refractivity contribution in [2.45, 2.75) is 16.3 Å². The minimum Gasteiger partial charge on any atom is -0.351 e. The fraction of sp³-hybridized carbons (Fsp3) is 0.188. The lowest BCUT2D eigenvalue weighted by atomic mass is 10.2. The van der Waals surface area contributed by atoms with Gasteiger partial charge in [0.05, 0.1) is 6.54 Å². The molecule has 2 N–H and O–H groups in total. The highest BCUT2D eigenvalue weighted by molar-refractivity contribution is 7.99. The third-order valence-electron chi connectivity index (χ3n) is 2.76. The van der Waals surface area contributed by atoms with Crippen LogP contribution in [0.3, 0.4) is 0 Å². The summed E-state index contributed by atoms with van der Waals surface area (Å²) in [5.41, 5.74) is 1.13. The molecule has 2 rings (SSSR count). The summed E-state index contributed by atoms with van der Waals surface area (Å²) < 4.78 is 0. The van der Waals surface area contributed by atoms with E-state index >= 15 is 0 Å². The van der Waals surface area contributed by atoms with Crippen molar-refractivity contribution < 1.29 is 4.79 Å². The summed E-state index contributed by atoms with van der Waals surface area (Å²) in [4.78, 5) is 13.9. The summed E-state index contributed by atoms with van der Waals surface area (Å²) in [5, 5.41) is 5.75. The Bertz CT molecular complexity index is 563. The number of benzene rings is 2. The van der Waals surface area contributed by atoms with Crippen LogP contribution in [0.15, 0.2) is 64.4 Å². The van der Waals surface area contributed by atoms with Crippen molar-refractivity contribution in [3.63, 3.8) is 0 Å². The van der Waals surface area contributed by atoms with Gasteiger partial charge in [0.25, 0.3) is 0 Å². The number of carbonyl (C=O) groups is 1. The first-order valence-electron chi connectivity index (χ1n) is 6.51. The largest absolute Gasteiger partial charge is 0.351 e. The number of amides is 1. The Balaban J connectivity index is 0.00000220. The molecule has 0 heterocycles. The highest BCUT2D eigenvalue weighted by Crippen LogP contribution is 2.30. The van der Waals surface area contributed by atoms with Crippen LogP contribution in [-0.2, 0) is 11.3 Å². The lowest BCUT2D eigenvalue weighted by Gasteiger charge is -2.10. The Morgan fingerprint density at radius 2 is 1.71 bits per heavy atom. The van der Waals surface area contributed by atoms with Crippen molar-refractivity contribution in [3.8, 4) is 0 Å². The lowest BCUT2D eigenvalue weighted by molar-refractivity contribution is -0.120. The molecule has 2 aromatic rings. The molecule has 0 radical (unpaired) electrons. The molecule has 2 aromatic carbocycles. The maximum Gasteiger partial charge on any atom is 0.234 e. The first-order chi connectivity index (χ1) is 9.79. The molecule has 0 atom stereocenters. The molecule has 0 saturated heterocycles. The van der Waals surface area contributed by atoms with Crippen molar-refractivity contribution in [3.05, 3.63) is 60.2 Å². The molecule has 0 aliphatic heterocycles. The molecule has 0 saturated carbocycles. The molecule has 0 unspecified atom stereocenters. The minimum atomic E-state index is 0. The van der Waals surface area contributed by atoms with Gasteiger partial charge < -0.3 is 10.6 Å². The molecular weight excluding hydrogens is 304 g/mol. The molecule has 5 heteroatoms. The molecule has 0 fully saturated rings. The molecule has 0 aliphatic rings. The zero-order valence-corrected chi connectivity index (χ0v) is 13.5. The van der Waals surface area contributed by atoms with Crippen LogP contribution in [0.5, 0.6) is 0 Å². The van der Waals surface area contributed by atoms with Gasteiger partial charge >= 0.3 is 0 Å². The number of halogens is 1. The van der Waals surface area contributed by atoms with Gasteiger partial charge in [-0.05, 0) is 30.8 Å². The normalized spacial score (nSPS) is 9.76. The van der Waals surface area contributed by atoms with Crippen LogP contribution < -0.4 is 10.6 Å². The fourth-order valence-corrected chi connectivity index (χ4v) is 2.75. The summed E-state index contributed by atoms with van der Waals surface area (Å²) in [6.45, 7) is 0.893. The smallest absolute Gasteiger partial charge is 0.234 e. The van der Waals surface area contributed by atoms with E-state index in [1.807, 2.05) is 36.4 Å². The molecule has 112 valence electrons. The molecule has 3 nitrogen and oxygen atoms in total. The number of hydrogen-bond donors (Lipinski definition) is 2. The van der Waals surface area contributed by atoms with Crippen LogP contribution in [0.1, 0.15) is 5.56 Å². The second-order valence-corrected chi connectivity index (χ2v) is 5.45. The van der Waals surface area contributed by atoms with Gasteiger partial charge in [-0.3, -0.25) is 4.79 Å². The second-order valence-electron chi connectivity index (χ2n) is 4.33. The monoisotopic (exact) mass is 322 g/mol. The summed E-state index contributed by atoms with van der Waals surface area (Å²) in [7, 11) is 1.76. The van der Waals surface area contributed by atoms with Gasteiger partial charge in [-0.25, -0.2) is 0 Å². The molecule has 0 aliphatic carbocycles. The number of carbonyl (C=O) groups excluding carboxylic acids is 1. The first kappa shape index (κ1) is 17.6. The van der Waals surface area contributed by atoms with Crippen molar-refractivity contribution >= 4 is 30.1 Å². The molecular formula is C16H19ClN2OS. The van der Waals surface area contributed by atoms with Crippen LogP contribution in [0.2, 0.25) is 0 Å². The van der Waals surface area contributed by atoms with Gasteiger partial charge in [-0.1, -0.05) is 48.2 Å². The second kappa shape index (κ2) is 9.45. The van der Waals surface area contributed by atoms with Crippen LogP contribution >= 0.6 is 24.2 Å². The molecule has 21 heavy (non-hydrogen) atoms. The van der Waals surface area contributed by atoms with Gasteiger partial charge in [-0.15, -0.1) is 12.4 Å². The Hall–Kier alpha value is -1.49. The van der Waals surface area contributed by atoms with E-state index < -0.39 is 0 Å². The van der Waals surface area contributed by atoms with Crippen molar-refractivity contribution in [2.75, 3.05) is 13.6 Å². The van der Waals surface area contributed by atoms with E-state index in [-0.39, 0.29) is 18.3 Å². The van der Waals surface area contributed by atoms with Crippen molar-refractivity contribution in [2.24, 2.45) is 0 Å². The Kier molecular flexibility index (Phi) is 7.90. The Labute approximate surface area is 135 Å². The van der Waals surface area contributed by atoms with Gasteiger partial charge in [0, 0.05) is 16.3 Å². The lowest BCUT2D eigenvalue weighted by Crippen LogP contribution is -2.31. The third kappa shape index (κ3) is 5.79. The SMILES string of the molecule is CNCC(=O)NCc1ccccc1Sc1ccccc1.Cl. The molecule has 0 aromatic heterocycles. The molecule has 0 bridgehead atoms.